The molecule has 2 aromatic carbocycles. The second-order valence-corrected chi connectivity index (χ2v) is 8.29. The van der Waals surface area contributed by atoms with Gasteiger partial charge in [0.25, 0.3) is 0 Å². The molecule has 1 aliphatic carbocycles. The summed E-state index contributed by atoms with van der Waals surface area (Å²) in [5.41, 5.74) is 7.23. The van der Waals surface area contributed by atoms with Crippen LogP contribution in [0.25, 0.3) is 0 Å². The van der Waals surface area contributed by atoms with E-state index in [1.165, 1.54) is 31.4 Å². The monoisotopic (exact) mass is 444 g/mol. The van der Waals surface area contributed by atoms with E-state index in [1.54, 1.807) is 0 Å². The number of esters is 1. The SMILES string of the molecule is C=C1C(=O)O[C@H]2c3c(ccc(CCc4cccc(I)c4)c3C)CC[C@@H]12. The highest BCUT2D eigenvalue weighted by Crippen LogP contribution is 2.47. The lowest BCUT2D eigenvalue weighted by Gasteiger charge is -2.29. The van der Waals surface area contributed by atoms with Gasteiger partial charge >= 0.3 is 5.97 Å². The Balaban J connectivity index is 1.63. The number of benzene rings is 2. The molecule has 2 atom stereocenters. The number of carbonyl (C=O) groups excluding carboxylic acids is 1. The van der Waals surface area contributed by atoms with Gasteiger partial charge in [-0.1, -0.05) is 30.8 Å². The van der Waals surface area contributed by atoms with Crippen LogP contribution in [0.15, 0.2) is 48.6 Å². The molecule has 128 valence electrons. The third-order valence-electron chi connectivity index (χ3n) is 5.61. The Morgan fingerprint density at radius 2 is 2.08 bits per heavy atom. The minimum absolute atomic E-state index is 0.124. The largest absolute Gasteiger partial charge is 0.453 e. The molecule has 1 heterocycles. The highest BCUT2D eigenvalue weighted by Gasteiger charge is 2.43. The summed E-state index contributed by atoms with van der Waals surface area (Å²) in [6, 6.07) is 13.2. The van der Waals surface area contributed by atoms with E-state index < -0.39 is 0 Å². The molecule has 0 amide bonds. The van der Waals surface area contributed by atoms with Crippen molar-refractivity contribution in [3.8, 4) is 0 Å². The molecule has 2 aliphatic rings. The normalized spacial score (nSPS) is 21.7. The summed E-state index contributed by atoms with van der Waals surface area (Å²) in [5, 5.41) is 0. The summed E-state index contributed by atoms with van der Waals surface area (Å²) >= 11 is 2.36. The molecule has 2 aromatic rings. The fraction of sp³-hybridized carbons (Fsp3) is 0.318. The van der Waals surface area contributed by atoms with E-state index in [1.807, 2.05) is 0 Å². The number of halogens is 1. The predicted octanol–water partition coefficient (Wildman–Crippen LogP) is 5.10. The van der Waals surface area contributed by atoms with Crippen molar-refractivity contribution in [1.82, 2.24) is 0 Å². The number of hydrogen-bond acceptors (Lipinski definition) is 2. The van der Waals surface area contributed by atoms with Crippen LogP contribution in [0.5, 0.6) is 0 Å². The van der Waals surface area contributed by atoms with Gasteiger partial charge in [-0.25, -0.2) is 4.79 Å². The van der Waals surface area contributed by atoms with Crippen LogP contribution in [0.1, 0.15) is 40.3 Å². The van der Waals surface area contributed by atoms with Crippen molar-refractivity contribution in [2.45, 2.75) is 38.7 Å². The van der Waals surface area contributed by atoms with E-state index in [0.717, 1.165) is 25.7 Å². The van der Waals surface area contributed by atoms with Gasteiger partial charge in [0.05, 0.1) is 0 Å². The molecule has 1 saturated heterocycles. The van der Waals surface area contributed by atoms with Gasteiger partial charge in [0.2, 0.25) is 0 Å². The molecular weight excluding hydrogens is 423 g/mol. The third kappa shape index (κ3) is 3.03. The van der Waals surface area contributed by atoms with E-state index in [0.29, 0.717) is 5.57 Å². The lowest BCUT2D eigenvalue weighted by Crippen LogP contribution is -2.19. The van der Waals surface area contributed by atoms with Crippen LogP contribution < -0.4 is 0 Å². The van der Waals surface area contributed by atoms with Crippen molar-refractivity contribution in [2.24, 2.45) is 5.92 Å². The molecule has 0 saturated carbocycles. The molecule has 3 heteroatoms. The van der Waals surface area contributed by atoms with E-state index in [2.05, 4.69) is 72.5 Å². The van der Waals surface area contributed by atoms with Crippen LogP contribution in [0.2, 0.25) is 0 Å². The van der Waals surface area contributed by atoms with Crippen molar-refractivity contribution in [2.75, 3.05) is 0 Å². The first-order valence-corrected chi connectivity index (χ1v) is 9.88. The van der Waals surface area contributed by atoms with Crippen molar-refractivity contribution in [1.29, 1.82) is 0 Å². The van der Waals surface area contributed by atoms with E-state index in [-0.39, 0.29) is 18.0 Å². The van der Waals surface area contributed by atoms with Crippen LogP contribution in [0, 0.1) is 16.4 Å². The molecule has 1 aliphatic heterocycles. The van der Waals surface area contributed by atoms with Crippen LogP contribution in [-0.2, 0) is 28.8 Å². The first kappa shape index (κ1) is 16.8. The molecular formula is C22H21IO2. The Morgan fingerprint density at radius 1 is 1.24 bits per heavy atom. The van der Waals surface area contributed by atoms with Gasteiger partial charge in [0, 0.05) is 15.1 Å². The molecule has 1 fully saturated rings. The lowest BCUT2D eigenvalue weighted by atomic mass is 9.76. The fourth-order valence-corrected chi connectivity index (χ4v) is 4.80. The third-order valence-corrected chi connectivity index (χ3v) is 6.28. The lowest BCUT2D eigenvalue weighted by molar-refractivity contribution is -0.139. The number of hydrogen-bond donors (Lipinski definition) is 0. The highest BCUT2D eigenvalue weighted by atomic mass is 127. The Hall–Kier alpha value is -1.62. The zero-order valence-corrected chi connectivity index (χ0v) is 16.5. The zero-order chi connectivity index (χ0) is 17.6. The molecule has 0 aromatic heterocycles. The average molecular weight is 444 g/mol. The van der Waals surface area contributed by atoms with Gasteiger partial charge in [-0.3, -0.25) is 0 Å². The van der Waals surface area contributed by atoms with Gasteiger partial charge in [-0.05, 0) is 95.1 Å². The minimum atomic E-state index is -0.216. The molecule has 2 nitrogen and oxygen atoms in total. The summed E-state index contributed by atoms with van der Waals surface area (Å²) < 4.78 is 6.95. The van der Waals surface area contributed by atoms with Gasteiger partial charge in [0.15, 0.2) is 0 Å². The maximum Gasteiger partial charge on any atom is 0.334 e. The predicted molar refractivity (Wildman–Crippen MR) is 108 cm³/mol. The van der Waals surface area contributed by atoms with E-state index in [4.69, 9.17) is 4.74 Å². The van der Waals surface area contributed by atoms with Crippen molar-refractivity contribution in [3.05, 3.63) is 79.9 Å². The second-order valence-electron chi connectivity index (χ2n) is 7.05. The van der Waals surface area contributed by atoms with Crippen molar-refractivity contribution < 1.29 is 9.53 Å². The van der Waals surface area contributed by atoms with Crippen LogP contribution in [0.4, 0.5) is 0 Å². The maximum absolute atomic E-state index is 12.0. The summed E-state index contributed by atoms with van der Waals surface area (Å²) in [5.74, 6) is -0.0591. The van der Waals surface area contributed by atoms with Gasteiger partial charge < -0.3 is 4.74 Å². The first-order valence-electron chi connectivity index (χ1n) is 8.80. The van der Waals surface area contributed by atoms with Crippen LogP contribution in [0.3, 0.4) is 0 Å². The Morgan fingerprint density at radius 3 is 2.88 bits per heavy atom. The van der Waals surface area contributed by atoms with Gasteiger partial charge in [-0.15, -0.1) is 0 Å². The molecule has 0 unspecified atom stereocenters. The smallest absolute Gasteiger partial charge is 0.334 e. The Kier molecular flexibility index (Phi) is 4.44. The molecule has 0 bridgehead atoms. The van der Waals surface area contributed by atoms with E-state index in [9.17, 15) is 4.79 Å². The highest BCUT2D eigenvalue weighted by molar-refractivity contribution is 14.1. The van der Waals surface area contributed by atoms with Crippen LogP contribution in [-0.4, -0.2) is 5.97 Å². The number of carbonyl (C=O) groups is 1. The molecule has 4 rings (SSSR count). The maximum atomic E-state index is 12.0. The van der Waals surface area contributed by atoms with Crippen LogP contribution >= 0.6 is 22.6 Å². The minimum Gasteiger partial charge on any atom is -0.453 e. The topological polar surface area (TPSA) is 26.3 Å². The molecule has 0 spiro atoms. The first-order chi connectivity index (χ1) is 12.0. The molecule has 0 radical (unpaired) electrons. The quantitative estimate of drug-likeness (QED) is 0.374. The Bertz CT molecular complexity index is 868. The number of rotatable bonds is 3. The summed E-state index contributed by atoms with van der Waals surface area (Å²) in [6.45, 7) is 6.13. The fourth-order valence-electron chi connectivity index (χ4n) is 4.19. The number of aryl methyl sites for hydroxylation is 3. The second kappa shape index (κ2) is 6.60. The molecule has 25 heavy (non-hydrogen) atoms. The number of ether oxygens (including phenoxy) is 1. The zero-order valence-electron chi connectivity index (χ0n) is 14.3. The Labute approximate surface area is 162 Å². The van der Waals surface area contributed by atoms with E-state index >= 15 is 0 Å². The summed E-state index contributed by atoms with van der Waals surface area (Å²) in [7, 11) is 0. The van der Waals surface area contributed by atoms with Crippen molar-refractivity contribution in [3.63, 3.8) is 0 Å². The summed E-state index contributed by atoms with van der Waals surface area (Å²) in [6.07, 6.45) is 3.87. The summed E-state index contributed by atoms with van der Waals surface area (Å²) in [4.78, 5) is 12.0. The average Bonchev–Trinajstić information content (AvgIpc) is 2.89. The standard InChI is InChI=1S/C22H21IO2/c1-13-16(7-6-15-4-3-5-18(23)12-15)8-9-17-10-11-19-14(2)22(24)25-21(19)20(13)17/h3-5,8-9,12,19,21H,2,6-7,10-11H2,1H3/t19-,21+/m0/s1. The van der Waals surface area contributed by atoms with Gasteiger partial charge in [-0.2, -0.15) is 0 Å². The van der Waals surface area contributed by atoms with Gasteiger partial charge in [0.1, 0.15) is 6.10 Å². The molecule has 0 N–H and O–H groups in total. The van der Waals surface area contributed by atoms with Crippen molar-refractivity contribution >= 4 is 28.6 Å². The number of fused-ring (bicyclic) bond motifs is 3.